The number of rotatable bonds is 15. The number of amides is 2. The van der Waals surface area contributed by atoms with Crippen LogP contribution in [0.3, 0.4) is 0 Å². The number of aliphatic carboxylic acids is 1. The molecule has 15 nitrogen and oxygen atoms in total. The molecule has 0 aliphatic carbocycles. The van der Waals surface area contributed by atoms with Crippen LogP contribution >= 0.6 is 0 Å². The van der Waals surface area contributed by atoms with Crippen molar-refractivity contribution < 1.29 is 51.7 Å². The van der Waals surface area contributed by atoms with Crippen LogP contribution in [0.1, 0.15) is 103 Å². The number of nitrogens with zero attached hydrogens (tertiary/aromatic N) is 5. The Bertz CT molecular complexity index is 2560. The maximum absolute atomic E-state index is 15.0. The topological polar surface area (TPSA) is 168 Å². The summed E-state index contributed by atoms with van der Waals surface area (Å²) >= 11 is 0. The number of hydrogen-bond acceptors (Lipinski definition) is 11. The van der Waals surface area contributed by atoms with Gasteiger partial charge in [0.1, 0.15) is 24.2 Å². The van der Waals surface area contributed by atoms with Crippen molar-refractivity contribution in [3.8, 4) is 22.4 Å². The largest absolute Gasteiger partial charge is 0.480 e. The Morgan fingerprint density at radius 3 is 2.40 bits per heavy atom. The summed E-state index contributed by atoms with van der Waals surface area (Å²) in [7, 11) is 1.55. The zero-order chi connectivity index (χ0) is 50.7. The molecule has 18 heteroatoms. The fourth-order valence-electron chi connectivity index (χ4n) is 9.99. The van der Waals surface area contributed by atoms with Crippen LogP contribution in [0.4, 0.5) is 23.7 Å². The molecule has 0 bridgehead atoms. The van der Waals surface area contributed by atoms with Crippen molar-refractivity contribution in [1.29, 1.82) is 0 Å². The highest BCUT2D eigenvalue weighted by Crippen LogP contribution is 2.44. The van der Waals surface area contributed by atoms with Gasteiger partial charge in [-0.3, -0.25) is 29.3 Å². The van der Waals surface area contributed by atoms with Gasteiger partial charge in [0.05, 0.1) is 36.0 Å². The Labute approximate surface area is 408 Å². The number of fused-ring (bicyclic) bond motifs is 2. The highest BCUT2D eigenvalue weighted by molar-refractivity contribution is 5.96. The Morgan fingerprint density at radius 1 is 0.943 bits per heavy atom. The molecule has 3 saturated heterocycles. The molecule has 2 aromatic carbocycles. The van der Waals surface area contributed by atoms with E-state index >= 15 is 13.2 Å². The van der Waals surface area contributed by atoms with Crippen molar-refractivity contribution in [3.05, 3.63) is 71.5 Å². The lowest BCUT2D eigenvalue weighted by Gasteiger charge is -2.45. The number of piperidine rings is 1. The first kappa shape index (κ1) is 52.1. The molecule has 3 N–H and O–H groups in total. The summed E-state index contributed by atoms with van der Waals surface area (Å²) in [4.78, 5) is 61.0. The number of piperazine rings is 1. The molecule has 2 aromatic heterocycles. The number of hydrogen-bond donors (Lipinski definition) is 3. The minimum Gasteiger partial charge on any atom is -0.480 e. The van der Waals surface area contributed by atoms with E-state index < -0.39 is 65.9 Å². The molecule has 0 spiro atoms. The van der Waals surface area contributed by atoms with E-state index in [4.69, 9.17) is 19.2 Å². The Balaban J connectivity index is 1.35. The van der Waals surface area contributed by atoms with Gasteiger partial charge >= 0.3 is 24.2 Å². The van der Waals surface area contributed by atoms with E-state index in [0.717, 1.165) is 44.7 Å². The quantitative estimate of drug-likeness (QED) is 0.0975. The number of alkyl halides is 3. The van der Waals surface area contributed by atoms with Crippen LogP contribution in [-0.2, 0) is 48.0 Å². The highest BCUT2D eigenvalue weighted by atomic mass is 19.4. The summed E-state index contributed by atoms with van der Waals surface area (Å²) in [5, 5.41) is 14.2. The molecule has 0 radical (unpaired) electrons. The third-order valence-electron chi connectivity index (χ3n) is 13.4. The van der Waals surface area contributed by atoms with Crippen molar-refractivity contribution in [2.45, 2.75) is 136 Å². The zero-order valence-electron chi connectivity index (χ0n) is 41.6. The summed E-state index contributed by atoms with van der Waals surface area (Å²) in [5.74, 6) is -2.11. The molecule has 70 heavy (non-hydrogen) atoms. The molecule has 0 unspecified atom stereocenters. The van der Waals surface area contributed by atoms with Crippen LogP contribution in [0.15, 0.2) is 54.7 Å². The number of pyridine rings is 1. The van der Waals surface area contributed by atoms with Crippen LogP contribution in [0.25, 0.3) is 33.3 Å². The molecular weight excluding hydrogens is 908 g/mol. The van der Waals surface area contributed by atoms with Crippen LogP contribution in [0.5, 0.6) is 0 Å². The smallest absolute Gasteiger partial charge is 0.408 e. The van der Waals surface area contributed by atoms with Gasteiger partial charge < -0.3 is 34.1 Å². The number of hydrazine groups is 1. The first-order valence-electron chi connectivity index (χ1n) is 24.3. The second-order valence-corrected chi connectivity index (χ2v) is 20.8. The van der Waals surface area contributed by atoms with Crippen LogP contribution in [0.2, 0.25) is 0 Å². The number of carbonyl (C=O) groups excluding carboxylic acids is 3. The number of carbonyl (C=O) groups is 4. The standard InChI is InChI=1S/C52H68F3N7O8/c1-32(68-8)45-40(26-38(28-56-45)60-22-21-59-19-10-9-15-37(59)29-60)46-41(27-51(6,7)31-69-33(2)63)39-25-36(17-18-44(39)61(46)30-52(53,54)55)35-14-11-13-34(23-35)24-43(57-49(67)70-50(3,4)5)47(64)62-20-12-16-42(58-62)48(65)66/h11,13-14,17-18,23,25-26,28,32,37,42-43,58H,9-10,12,15-16,19-22,24,27,29-31H2,1-8H3,(H,57,67)(H,65,66)/t32-,37+,42-,43-/m0/s1. The summed E-state index contributed by atoms with van der Waals surface area (Å²) < 4.78 is 63.3. The molecule has 3 aliphatic heterocycles. The SMILES string of the molecule is CO[C@@H](C)c1ncc(N2CCN3CCCC[C@@H]3C2)cc1-c1c(CC(C)(C)COC(C)=O)c2cc(-c3cccc(C[C@H](NC(=O)OC(C)(C)C)C(=O)N4CCC[C@@H](C(=O)O)N4)c3)ccc2n1CC(F)(F)F. The van der Waals surface area contributed by atoms with Gasteiger partial charge in [0.25, 0.3) is 5.91 Å². The summed E-state index contributed by atoms with van der Waals surface area (Å²) in [6.07, 6.45) is 0.175. The Hall–Kier alpha value is -5.72. The number of benzene rings is 2. The molecule has 5 heterocycles. The van der Waals surface area contributed by atoms with E-state index in [0.29, 0.717) is 69.0 Å². The third kappa shape index (κ3) is 12.8. The number of methoxy groups -OCH3 is 1. The van der Waals surface area contributed by atoms with Crippen molar-refractivity contribution in [2.75, 3.05) is 51.3 Å². The number of nitrogens with one attached hydrogen (secondary N) is 2. The average molecular weight is 976 g/mol. The molecule has 4 aromatic rings. The van der Waals surface area contributed by atoms with Crippen LogP contribution < -0.4 is 15.6 Å². The summed E-state index contributed by atoms with van der Waals surface area (Å²) in [5.41, 5.74) is 6.34. The molecule has 3 fully saturated rings. The first-order chi connectivity index (χ1) is 33.0. The maximum Gasteiger partial charge on any atom is 0.408 e. The van der Waals surface area contributed by atoms with Gasteiger partial charge in [0.15, 0.2) is 0 Å². The second-order valence-electron chi connectivity index (χ2n) is 20.8. The highest BCUT2D eigenvalue weighted by Gasteiger charge is 2.37. The number of carboxylic acid groups (broad SMARTS) is 1. The molecule has 0 saturated carbocycles. The molecule has 380 valence electrons. The van der Waals surface area contributed by atoms with Crippen LogP contribution in [-0.4, -0.2) is 125 Å². The van der Waals surface area contributed by atoms with E-state index in [1.54, 1.807) is 58.3 Å². The predicted octanol–water partition coefficient (Wildman–Crippen LogP) is 8.46. The number of carboxylic acids is 1. The Morgan fingerprint density at radius 2 is 1.70 bits per heavy atom. The van der Waals surface area contributed by atoms with Gasteiger partial charge in [0, 0.05) is 74.6 Å². The van der Waals surface area contributed by atoms with Gasteiger partial charge in [0.2, 0.25) is 0 Å². The fraction of sp³-hybridized carbons (Fsp3) is 0.558. The van der Waals surface area contributed by atoms with Crippen molar-refractivity contribution in [2.24, 2.45) is 5.41 Å². The van der Waals surface area contributed by atoms with Crippen molar-refractivity contribution in [3.63, 3.8) is 0 Å². The lowest BCUT2D eigenvalue weighted by atomic mass is 9.84. The maximum atomic E-state index is 15.0. The van der Waals surface area contributed by atoms with E-state index in [1.165, 1.54) is 22.9 Å². The monoisotopic (exact) mass is 976 g/mol. The molecular formula is C52H68F3N7O8. The summed E-state index contributed by atoms with van der Waals surface area (Å²) in [6, 6.07) is 12.9. The predicted molar refractivity (Wildman–Crippen MR) is 260 cm³/mol. The van der Waals surface area contributed by atoms with Gasteiger partial charge in [-0.1, -0.05) is 50.6 Å². The van der Waals surface area contributed by atoms with Gasteiger partial charge in [-0.25, -0.2) is 10.2 Å². The molecule has 4 atom stereocenters. The van der Waals surface area contributed by atoms with Crippen molar-refractivity contribution in [1.82, 2.24) is 30.2 Å². The average Bonchev–Trinajstić information content (AvgIpc) is 3.58. The zero-order valence-corrected chi connectivity index (χ0v) is 41.6. The first-order valence-corrected chi connectivity index (χ1v) is 24.3. The molecule has 2 amide bonds. The second kappa shape index (κ2) is 21.3. The van der Waals surface area contributed by atoms with Gasteiger partial charge in [-0.2, -0.15) is 13.2 Å². The molecule has 3 aliphatic rings. The minimum absolute atomic E-state index is 0.00533. The molecule has 7 rings (SSSR count). The van der Waals surface area contributed by atoms with E-state index in [2.05, 4.69) is 20.5 Å². The fourth-order valence-corrected chi connectivity index (χ4v) is 9.99. The minimum atomic E-state index is -4.62. The lowest BCUT2D eigenvalue weighted by molar-refractivity contribution is -0.148. The van der Waals surface area contributed by atoms with Gasteiger partial charge in [-0.05, 0) is 107 Å². The number of alkyl carbamates (subject to hydrolysis) is 1. The Kier molecular flexibility index (Phi) is 15.9. The summed E-state index contributed by atoms with van der Waals surface area (Å²) in [6.45, 7) is 14.5. The number of anilines is 1. The number of aromatic nitrogens is 2. The van der Waals surface area contributed by atoms with Crippen molar-refractivity contribution >= 4 is 40.5 Å². The third-order valence-corrected chi connectivity index (χ3v) is 13.4. The number of halogens is 3. The number of esters is 1. The van der Waals surface area contributed by atoms with Gasteiger partial charge in [-0.15, -0.1) is 0 Å². The van der Waals surface area contributed by atoms with E-state index in [1.807, 2.05) is 45.0 Å². The lowest BCUT2D eigenvalue weighted by Crippen LogP contribution is -2.60. The normalized spacial score (nSPS) is 19.1. The number of ether oxygens (including phenoxy) is 3. The van der Waals surface area contributed by atoms with E-state index in [-0.39, 0.29) is 26.0 Å². The van der Waals surface area contributed by atoms with Crippen LogP contribution in [0, 0.1) is 5.41 Å². The van der Waals surface area contributed by atoms with E-state index in [9.17, 15) is 24.3 Å².